The van der Waals surface area contributed by atoms with E-state index >= 15 is 0 Å². The van der Waals surface area contributed by atoms with Crippen molar-refractivity contribution in [3.8, 4) is 11.1 Å². The minimum absolute atomic E-state index is 0.00294. The van der Waals surface area contributed by atoms with Crippen LogP contribution in [0.5, 0.6) is 0 Å². The molecule has 0 spiro atoms. The molecule has 1 amide bonds. The summed E-state index contributed by atoms with van der Waals surface area (Å²) in [7, 11) is 0. The van der Waals surface area contributed by atoms with Gasteiger partial charge >= 0.3 is 0 Å². The first kappa shape index (κ1) is 36.0. The summed E-state index contributed by atoms with van der Waals surface area (Å²) in [5, 5.41) is 12.8. The maximum atomic E-state index is 12.7. The number of hydrogen-bond acceptors (Lipinski definition) is 5. The molecule has 53 heavy (non-hydrogen) atoms. The first-order valence-electron chi connectivity index (χ1n) is 18.4. The normalized spacial score (nSPS) is 18.5. The zero-order chi connectivity index (χ0) is 36.4. The van der Waals surface area contributed by atoms with E-state index in [2.05, 4.69) is 126 Å². The number of ether oxygens (including phenoxy) is 2. The molecule has 268 valence electrons. The molecule has 0 bridgehead atoms. The van der Waals surface area contributed by atoms with E-state index in [0.29, 0.717) is 18.7 Å². The third kappa shape index (κ3) is 9.36. The van der Waals surface area contributed by atoms with Gasteiger partial charge in [0.15, 0.2) is 6.29 Å². The van der Waals surface area contributed by atoms with Gasteiger partial charge in [-0.1, -0.05) is 146 Å². The maximum absolute atomic E-state index is 12.7. The molecule has 0 saturated carbocycles. The standard InChI is InChI=1S/C47H46N2O4/c1-34-44(32-49(30-35-13-5-2-6-14-35)31-36-15-7-3-8-16-36)52-47(53-45(34)39-25-23-37(33-50)24-26-39)43-22-12-21-42(28-43)41-20-11-17-38(27-41)29-48-46(51)40-18-9-4-10-19-40/h2-28,34,44-45,47,50H,29-33H2,1H3,(H,48,51). The van der Waals surface area contributed by atoms with Crippen molar-refractivity contribution in [1.29, 1.82) is 0 Å². The number of nitrogens with one attached hydrogen (secondary N) is 1. The van der Waals surface area contributed by atoms with Crippen LogP contribution in [0.2, 0.25) is 0 Å². The smallest absolute Gasteiger partial charge is 0.251 e. The highest BCUT2D eigenvalue weighted by atomic mass is 16.7. The molecule has 1 aliphatic rings. The predicted molar refractivity (Wildman–Crippen MR) is 209 cm³/mol. The Bertz CT molecular complexity index is 2010. The molecule has 4 unspecified atom stereocenters. The monoisotopic (exact) mass is 702 g/mol. The van der Waals surface area contributed by atoms with Crippen LogP contribution in [-0.4, -0.2) is 28.6 Å². The number of carbonyl (C=O) groups excluding carboxylic acids is 1. The first-order valence-corrected chi connectivity index (χ1v) is 18.4. The lowest BCUT2D eigenvalue weighted by Crippen LogP contribution is -2.44. The molecule has 6 aromatic carbocycles. The van der Waals surface area contributed by atoms with Crippen LogP contribution in [0.1, 0.15) is 63.1 Å². The molecule has 0 aliphatic carbocycles. The van der Waals surface area contributed by atoms with Crippen molar-refractivity contribution in [3.05, 3.63) is 203 Å². The van der Waals surface area contributed by atoms with E-state index in [-0.39, 0.29) is 30.6 Å². The minimum atomic E-state index is -0.595. The Morgan fingerprint density at radius 2 is 1.21 bits per heavy atom. The Morgan fingerprint density at radius 1 is 0.623 bits per heavy atom. The van der Waals surface area contributed by atoms with Crippen molar-refractivity contribution in [2.24, 2.45) is 5.92 Å². The summed E-state index contributed by atoms with van der Waals surface area (Å²) in [6, 6.07) is 55.2. The topological polar surface area (TPSA) is 71.0 Å². The molecular weight excluding hydrogens is 657 g/mol. The summed E-state index contributed by atoms with van der Waals surface area (Å²) < 4.78 is 13.8. The lowest BCUT2D eigenvalue weighted by molar-refractivity contribution is -0.276. The molecule has 6 aromatic rings. The molecule has 1 aliphatic heterocycles. The molecule has 6 nitrogen and oxygen atoms in total. The summed E-state index contributed by atoms with van der Waals surface area (Å²) in [5.41, 5.74) is 9.13. The Morgan fingerprint density at radius 3 is 1.85 bits per heavy atom. The highest BCUT2D eigenvalue weighted by molar-refractivity contribution is 5.94. The van der Waals surface area contributed by atoms with E-state index in [9.17, 15) is 9.90 Å². The van der Waals surface area contributed by atoms with E-state index in [1.165, 1.54) is 11.1 Å². The highest BCUT2D eigenvalue weighted by Gasteiger charge is 2.39. The third-order valence-electron chi connectivity index (χ3n) is 9.97. The summed E-state index contributed by atoms with van der Waals surface area (Å²) >= 11 is 0. The van der Waals surface area contributed by atoms with Crippen molar-refractivity contribution >= 4 is 5.91 Å². The fraction of sp³-hybridized carbons (Fsp3) is 0.213. The van der Waals surface area contributed by atoms with Gasteiger partial charge in [0.1, 0.15) is 0 Å². The number of nitrogens with zero attached hydrogens (tertiary/aromatic N) is 1. The van der Waals surface area contributed by atoms with Gasteiger partial charge in [-0.05, 0) is 63.2 Å². The van der Waals surface area contributed by atoms with Gasteiger partial charge in [-0.3, -0.25) is 9.69 Å². The molecule has 0 radical (unpaired) electrons. The molecule has 4 atom stereocenters. The third-order valence-corrected chi connectivity index (χ3v) is 9.97. The van der Waals surface area contributed by atoms with Gasteiger partial charge in [-0.15, -0.1) is 0 Å². The summed E-state index contributed by atoms with van der Waals surface area (Å²) in [6.07, 6.45) is -0.951. The fourth-order valence-electron chi connectivity index (χ4n) is 7.05. The highest BCUT2D eigenvalue weighted by Crippen LogP contribution is 2.42. The zero-order valence-electron chi connectivity index (χ0n) is 30.1. The largest absolute Gasteiger partial charge is 0.392 e. The van der Waals surface area contributed by atoms with Gasteiger partial charge in [0.25, 0.3) is 5.91 Å². The van der Waals surface area contributed by atoms with Crippen LogP contribution in [0.15, 0.2) is 164 Å². The predicted octanol–water partition coefficient (Wildman–Crippen LogP) is 9.27. The van der Waals surface area contributed by atoms with Crippen molar-refractivity contribution in [2.45, 2.75) is 51.7 Å². The molecule has 2 N–H and O–H groups in total. The first-order chi connectivity index (χ1) is 26.0. The van der Waals surface area contributed by atoms with Crippen LogP contribution in [-0.2, 0) is 35.7 Å². The second kappa shape index (κ2) is 17.4. The number of amides is 1. The Kier molecular flexibility index (Phi) is 11.8. The van der Waals surface area contributed by atoms with Gasteiger partial charge in [0.05, 0.1) is 18.8 Å². The number of aliphatic hydroxyl groups is 1. The number of carbonyl (C=O) groups is 1. The lowest BCUT2D eigenvalue weighted by Gasteiger charge is -2.43. The van der Waals surface area contributed by atoms with Gasteiger partial charge in [-0.2, -0.15) is 0 Å². The molecule has 0 aromatic heterocycles. The van der Waals surface area contributed by atoms with Gasteiger partial charge in [0, 0.05) is 43.2 Å². The summed E-state index contributed by atoms with van der Waals surface area (Å²) in [5.74, 6) is -0.0497. The fourth-order valence-corrected chi connectivity index (χ4v) is 7.05. The van der Waals surface area contributed by atoms with E-state index in [1.54, 1.807) is 0 Å². The second-order valence-corrected chi connectivity index (χ2v) is 13.8. The summed E-state index contributed by atoms with van der Waals surface area (Å²) in [4.78, 5) is 15.2. The average molecular weight is 703 g/mol. The zero-order valence-corrected chi connectivity index (χ0v) is 30.1. The lowest BCUT2D eigenvalue weighted by atomic mass is 9.89. The van der Waals surface area contributed by atoms with Crippen molar-refractivity contribution < 1.29 is 19.4 Å². The van der Waals surface area contributed by atoms with Gasteiger partial charge in [0.2, 0.25) is 0 Å². The molecule has 1 saturated heterocycles. The van der Waals surface area contributed by atoms with Crippen molar-refractivity contribution in [1.82, 2.24) is 10.2 Å². The molecule has 1 heterocycles. The van der Waals surface area contributed by atoms with Gasteiger partial charge < -0.3 is 19.9 Å². The maximum Gasteiger partial charge on any atom is 0.251 e. The summed E-state index contributed by atoms with van der Waals surface area (Å²) in [6.45, 7) is 4.94. The number of benzene rings is 6. The molecule has 7 rings (SSSR count). The van der Waals surface area contributed by atoms with E-state index in [1.807, 2.05) is 54.6 Å². The number of aliphatic hydroxyl groups excluding tert-OH is 1. The Labute approximate surface area is 312 Å². The van der Waals surface area contributed by atoms with Crippen LogP contribution >= 0.6 is 0 Å². The minimum Gasteiger partial charge on any atom is -0.392 e. The average Bonchev–Trinajstić information content (AvgIpc) is 3.22. The SMILES string of the molecule is CC1C(CN(Cc2ccccc2)Cc2ccccc2)OC(c2cccc(-c3cccc(CNC(=O)c4ccccc4)c3)c2)OC1c1ccc(CO)cc1. The van der Waals surface area contributed by atoms with Crippen LogP contribution in [0.4, 0.5) is 0 Å². The van der Waals surface area contributed by atoms with Crippen molar-refractivity contribution in [3.63, 3.8) is 0 Å². The number of rotatable bonds is 13. The Hall–Kier alpha value is -5.37. The van der Waals surface area contributed by atoms with Gasteiger partial charge in [-0.25, -0.2) is 0 Å². The van der Waals surface area contributed by atoms with Crippen LogP contribution in [0.3, 0.4) is 0 Å². The number of hydrogen-bond donors (Lipinski definition) is 2. The second-order valence-electron chi connectivity index (χ2n) is 13.8. The van der Waals surface area contributed by atoms with Crippen LogP contribution in [0.25, 0.3) is 11.1 Å². The van der Waals surface area contributed by atoms with E-state index in [4.69, 9.17) is 9.47 Å². The molecule has 1 fully saturated rings. The van der Waals surface area contributed by atoms with Crippen LogP contribution in [0, 0.1) is 5.92 Å². The van der Waals surface area contributed by atoms with Crippen molar-refractivity contribution in [2.75, 3.05) is 6.54 Å². The van der Waals surface area contributed by atoms with E-state index in [0.717, 1.165) is 46.5 Å². The molecule has 6 heteroatoms. The molecular formula is C47H46N2O4. The quantitative estimate of drug-likeness (QED) is 0.126. The van der Waals surface area contributed by atoms with Crippen LogP contribution < -0.4 is 5.32 Å². The van der Waals surface area contributed by atoms with E-state index < -0.39 is 6.29 Å². The Balaban J connectivity index is 1.15.